The molecule has 1 heterocycles. The van der Waals surface area contributed by atoms with Crippen LogP contribution in [0.25, 0.3) is 6.08 Å². The fraction of sp³-hybridized carbons (Fsp3) is 0.111. The SMILES string of the molecule is CC1Oc2ccc(NC(=O)/C=C/c3ccccc3Br)cc2NC1=O. The van der Waals surface area contributed by atoms with E-state index in [1.807, 2.05) is 24.3 Å². The number of anilines is 2. The largest absolute Gasteiger partial charge is 0.479 e. The summed E-state index contributed by atoms with van der Waals surface area (Å²) in [5.74, 6) is 0.116. The van der Waals surface area contributed by atoms with Crippen molar-refractivity contribution in [3.05, 3.63) is 58.6 Å². The predicted octanol–water partition coefficient (Wildman–Crippen LogP) is 3.82. The minimum Gasteiger partial charge on any atom is -0.479 e. The van der Waals surface area contributed by atoms with Gasteiger partial charge in [-0.25, -0.2) is 0 Å². The van der Waals surface area contributed by atoms with E-state index >= 15 is 0 Å². The summed E-state index contributed by atoms with van der Waals surface area (Å²) < 4.78 is 6.39. The average Bonchev–Trinajstić information content (AvgIpc) is 2.55. The van der Waals surface area contributed by atoms with E-state index in [2.05, 4.69) is 26.6 Å². The Kier molecular flexibility index (Phi) is 4.66. The molecule has 1 atom stereocenters. The number of halogens is 1. The van der Waals surface area contributed by atoms with Crippen LogP contribution in [0.15, 0.2) is 53.0 Å². The van der Waals surface area contributed by atoms with Crippen LogP contribution in [0.3, 0.4) is 0 Å². The van der Waals surface area contributed by atoms with E-state index in [-0.39, 0.29) is 11.8 Å². The lowest BCUT2D eigenvalue weighted by Gasteiger charge is -2.23. The van der Waals surface area contributed by atoms with Crippen LogP contribution in [0.4, 0.5) is 11.4 Å². The van der Waals surface area contributed by atoms with Crippen molar-refractivity contribution in [1.82, 2.24) is 0 Å². The molecule has 5 nitrogen and oxygen atoms in total. The van der Waals surface area contributed by atoms with E-state index in [1.165, 1.54) is 6.08 Å². The molecule has 24 heavy (non-hydrogen) atoms. The zero-order valence-corrected chi connectivity index (χ0v) is 14.5. The van der Waals surface area contributed by atoms with Crippen molar-refractivity contribution in [2.75, 3.05) is 10.6 Å². The van der Waals surface area contributed by atoms with E-state index < -0.39 is 6.10 Å². The summed E-state index contributed by atoms with van der Waals surface area (Å²) in [5.41, 5.74) is 2.03. The molecule has 0 aliphatic carbocycles. The number of carbonyl (C=O) groups excluding carboxylic acids is 2. The van der Waals surface area contributed by atoms with Gasteiger partial charge in [-0.15, -0.1) is 0 Å². The molecular weight excluding hydrogens is 372 g/mol. The van der Waals surface area contributed by atoms with Crippen LogP contribution < -0.4 is 15.4 Å². The predicted molar refractivity (Wildman–Crippen MR) is 97.0 cm³/mol. The van der Waals surface area contributed by atoms with Crippen LogP contribution in [0.2, 0.25) is 0 Å². The number of benzene rings is 2. The molecule has 1 aliphatic rings. The Morgan fingerprint density at radius 1 is 1.29 bits per heavy atom. The first kappa shape index (κ1) is 16.3. The molecule has 0 fully saturated rings. The maximum atomic E-state index is 12.0. The molecule has 0 aromatic heterocycles. The zero-order chi connectivity index (χ0) is 17.1. The third-order valence-electron chi connectivity index (χ3n) is 3.50. The Bertz CT molecular complexity index is 833. The molecule has 0 spiro atoms. The maximum absolute atomic E-state index is 12.0. The van der Waals surface area contributed by atoms with E-state index in [0.29, 0.717) is 17.1 Å². The van der Waals surface area contributed by atoms with Crippen molar-refractivity contribution >= 4 is 45.2 Å². The highest BCUT2D eigenvalue weighted by Crippen LogP contribution is 2.32. The molecule has 122 valence electrons. The van der Waals surface area contributed by atoms with Crippen LogP contribution in [-0.2, 0) is 9.59 Å². The number of carbonyl (C=O) groups is 2. The normalized spacial score (nSPS) is 16.2. The molecule has 0 bridgehead atoms. The molecule has 0 saturated heterocycles. The van der Waals surface area contributed by atoms with Crippen molar-refractivity contribution in [3.63, 3.8) is 0 Å². The molecule has 0 saturated carbocycles. The lowest BCUT2D eigenvalue weighted by molar-refractivity contribution is -0.122. The minimum atomic E-state index is -0.523. The Morgan fingerprint density at radius 3 is 2.88 bits per heavy atom. The summed E-state index contributed by atoms with van der Waals surface area (Å²) in [4.78, 5) is 23.7. The summed E-state index contributed by atoms with van der Waals surface area (Å²) in [7, 11) is 0. The maximum Gasteiger partial charge on any atom is 0.265 e. The van der Waals surface area contributed by atoms with Gasteiger partial charge in [0.2, 0.25) is 5.91 Å². The summed E-state index contributed by atoms with van der Waals surface area (Å²) in [6.07, 6.45) is 2.66. The fourth-order valence-corrected chi connectivity index (χ4v) is 2.66. The Hall–Kier alpha value is -2.60. The first-order chi connectivity index (χ1) is 11.5. The zero-order valence-electron chi connectivity index (χ0n) is 12.9. The number of hydrogen-bond donors (Lipinski definition) is 2. The smallest absolute Gasteiger partial charge is 0.265 e. The lowest BCUT2D eigenvalue weighted by atomic mass is 10.2. The highest BCUT2D eigenvalue weighted by molar-refractivity contribution is 9.10. The first-order valence-corrected chi connectivity index (χ1v) is 8.17. The number of nitrogens with one attached hydrogen (secondary N) is 2. The Morgan fingerprint density at radius 2 is 2.08 bits per heavy atom. The van der Waals surface area contributed by atoms with Crippen molar-refractivity contribution < 1.29 is 14.3 Å². The standard InChI is InChI=1S/C18H15BrN2O3/c1-11-18(23)21-15-10-13(7-8-16(15)24-11)20-17(22)9-6-12-4-2-3-5-14(12)19/h2-11H,1H3,(H,20,22)(H,21,23)/b9-6+. The van der Waals surface area contributed by atoms with Gasteiger partial charge in [0.05, 0.1) is 5.69 Å². The average molecular weight is 387 g/mol. The molecule has 0 radical (unpaired) electrons. The molecule has 1 aliphatic heterocycles. The summed E-state index contributed by atoms with van der Waals surface area (Å²) in [5, 5.41) is 5.51. The Labute approximate surface area is 147 Å². The van der Waals surface area contributed by atoms with Crippen molar-refractivity contribution in [2.45, 2.75) is 13.0 Å². The van der Waals surface area contributed by atoms with Gasteiger partial charge in [-0.3, -0.25) is 9.59 Å². The number of fused-ring (bicyclic) bond motifs is 1. The molecule has 2 amide bonds. The molecule has 3 rings (SSSR count). The highest BCUT2D eigenvalue weighted by Gasteiger charge is 2.23. The van der Waals surface area contributed by atoms with Crippen molar-refractivity contribution in [1.29, 1.82) is 0 Å². The summed E-state index contributed by atoms with van der Waals surface area (Å²) >= 11 is 3.43. The van der Waals surface area contributed by atoms with Gasteiger partial charge < -0.3 is 15.4 Å². The van der Waals surface area contributed by atoms with Gasteiger partial charge in [0.15, 0.2) is 6.10 Å². The van der Waals surface area contributed by atoms with E-state index in [0.717, 1.165) is 10.0 Å². The fourth-order valence-electron chi connectivity index (χ4n) is 2.25. The van der Waals surface area contributed by atoms with Crippen molar-refractivity contribution in [3.8, 4) is 5.75 Å². The van der Waals surface area contributed by atoms with Gasteiger partial charge >= 0.3 is 0 Å². The number of amides is 2. The number of ether oxygens (including phenoxy) is 1. The second-order valence-electron chi connectivity index (χ2n) is 5.30. The summed E-state index contributed by atoms with van der Waals surface area (Å²) in [6.45, 7) is 1.68. The van der Waals surface area contributed by atoms with E-state index in [4.69, 9.17) is 4.74 Å². The Balaban J connectivity index is 1.70. The monoisotopic (exact) mass is 386 g/mol. The van der Waals surface area contributed by atoms with Gasteiger partial charge in [0.25, 0.3) is 5.91 Å². The van der Waals surface area contributed by atoms with Crippen LogP contribution in [0.5, 0.6) is 5.75 Å². The molecule has 2 aromatic carbocycles. The quantitative estimate of drug-likeness (QED) is 0.787. The van der Waals surface area contributed by atoms with E-state index in [9.17, 15) is 9.59 Å². The molecular formula is C18H15BrN2O3. The second kappa shape index (κ2) is 6.88. The molecule has 2 N–H and O–H groups in total. The number of rotatable bonds is 3. The number of hydrogen-bond acceptors (Lipinski definition) is 3. The molecule has 6 heteroatoms. The van der Waals surface area contributed by atoms with Gasteiger partial charge in [-0.05, 0) is 42.8 Å². The topological polar surface area (TPSA) is 67.4 Å². The minimum absolute atomic E-state index is 0.209. The lowest BCUT2D eigenvalue weighted by Crippen LogP contribution is -2.34. The third kappa shape index (κ3) is 3.65. The molecule has 2 aromatic rings. The van der Waals surface area contributed by atoms with Crippen molar-refractivity contribution in [2.24, 2.45) is 0 Å². The second-order valence-corrected chi connectivity index (χ2v) is 6.16. The van der Waals surface area contributed by atoms with Crippen LogP contribution in [0, 0.1) is 0 Å². The van der Waals surface area contributed by atoms with Gasteiger partial charge in [0.1, 0.15) is 5.75 Å². The van der Waals surface area contributed by atoms with Crippen LogP contribution in [0.1, 0.15) is 12.5 Å². The molecule has 1 unspecified atom stereocenters. The first-order valence-electron chi connectivity index (χ1n) is 7.38. The van der Waals surface area contributed by atoms with Gasteiger partial charge in [-0.1, -0.05) is 34.1 Å². The summed E-state index contributed by atoms with van der Waals surface area (Å²) in [6, 6.07) is 12.7. The van der Waals surface area contributed by atoms with Crippen LogP contribution >= 0.6 is 15.9 Å². The van der Waals surface area contributed by atoms with E-state index in [1.54, 1.807) is 31.2 Å². The van der Waals surface area contributed by atoms with Gasteiger partial charge in [-0.2, -0.15) is 0 Å². The third-order valence-corrected chi connectivity index (χ3v) is 4.22. The highest BCUT2D eigenvalue weighted by atomic mass is 79.9. The van der Waals surface area contributed by atoms with Gasteiger partial charge in [0, 0.05) is 16.2 Å². The van der Waals surface area contributed by atoms with Crippen LogP contribution in [-0.4, -0.2) is 17.9 Å².